The van der Waals surface area contributed by atoms with Gasteiger partial charge in [0.2, 0.25) is 4.80 Å². The summed E-state index contributed by atoms with van der Waals surface area (Å²) >= 11 is 1.05. The molecule has 10 heteroatoms. The number of nitrogens with zero attached hydrogens (tertiary/aromatic N) is 2. The minimum Gasteiger partial charge on any atom is -0.468 e. The van der Waals surface area contributed by atoms with Crippen LogP contribution < -0.4 is 4.80 Å². The Bertz CT molecular complexity index is 1270. The number of rotatable bonds is 6. The van der Waals surface area contributed by atoms with Gasteiger partial charge in [0.1, 0.15) is 6.54 Å². The smallest absolute Gasteiger partial charge is 0.338 e. The standard InChI is InChI=1S/C20H20N2O6S2/c1-4-28-19(24)14-7-10-16-17(11-14)29-20(22(16)12-18(23)27-3)21-30(25,26)15-8-5-13(2)6-9-15/h5-11H,4,12H2,1-3H3/b21-20-. The van der Waals surface area contributed by atoms with Gasteiger partial charge in [-0.1, -0.05) is 29.0 Å². The largest absolute Gasteiger partial charge is 0.468 e. The third-order valence-electron chi connectivity index (χ3n) is 4.23. The Kier molecular flexibility index (Phi) is 6.37. The van der Waals surface area contributed by atoms with Crippen LogP contribution in [0.25, 0.3) is 10.2 Å². The highest BCUT2D eigenvalue weighted by atomic mass is 32.2. The van der Waals surface area contributed by atoms with E-state index in [0.29, 0.717) is 15.8 Å². The first-order valence-electron chi connectivity index (χ1n) is 9.00. The minimum absolute atomic E-state index is 0.0439. The Hall–Kier alpha value is -2.98. The number of methoxy groups -OCH3 is 1. The molecule has 0 saturated heterocycles. The maximum absolute atomic E-state index is 12.8. The molecule has 1 heterocycles. The molecule has 0 amide bonds. The van der Waals surface area contributed by atoms with Crippen molar-refractivity contribution >= 4 is 43.5 Å². The van der Waals surface area contributed by atoms with Crippen LogP contribution in [0.4, 0.5) is 0 Å². The summed E-state index contributed by atoms with van der Waals surface area (Å²) < 4.78 is 41.3. The van der Waals surface area contributed by atoms with Gasteiger partial charge in [-0.15, -0.1) is 4.40 Å². The highest BCUT2D eigenvalue weighted by molar-refractivity contribution is 7.90. The second-order valence-corrected chi connectivity index (χ2v) is 8.94. The van der Waals surface area contributed by atoms with E-state index in [2.05, 4.69) is 4.40 Å². The maximum atomic E-state index is 12.8. The van der Waals surface area contributed by atoms with Crippen molar-refractivity contribution in [1.82, 2.24) is 4.57 Å². The predicted octanol–water partition coefficient (Wildman–Crippen LogP) is 2.65. The maximum Gasteiger partial charge on any atom is 0.338 e. The van der Waals surface area contributed by atoms with Gasteiger partial charge in [-0.25, -0.2) is 4.79 Å². The summed E-state index contributed by atoms with van der Waals surface area (Å²) in [5, 5.41) is 0. The third-order valence-corrected chi connectivity index (χ3v) is 6.66. The number of ether oxygens (including phenoxy) is 2. The summed E-state index contributed by atoms with van der Waals surface area (Å²) in [7, 11) is -2.76. The molecule has 0 radical (unpaired) electrons. The van der Waals surface area contributed by atoms with Crippen LogP contribution in [0, 0.1) is 6.92 Å². The van der Waals surface area contributed by atoms with E-state index in [0.717, 1.165) is 16.9 Å². The van der Waals surface area contributed by atoms with Gasteiger partial charge < -0.3 is 14.0 Å². The topological polar surface area (TPSA) is 104 Å². The molecule has 0 bridgehead atoms. The van der Waals surface area contributed by atoms with Gasteiger partial charge in [-0.2, -0.15) is 8.42 Å². The molecule has 0 atom stereocenters. The molecule has 158 valence electrons. The van der Waals surface area contributed by atoms with Gasteiger partial charge in [0, 0.05) is 0 Å². The lowest BCUT2D eigenvalue weighted by molar-refractivity contribution is -0.141. The van der Waals surface area contributed by atoms with Gasteiger partial charge in [-0.05, 0) is 44.2 Å². The number of carbonyl (C=O) groups is 2. The van der Waals surface area contributed by atoms with Crippen LogP contribution in [-0.2, 0) is 30.8 Å². The number of fused-ring (bicyclic) bond motifs is 1. The minimum atomic E-state index is -4.01. The van der Waals surface area contributed by atoms with E-state index in [1.54, 1.807) is 37.3 Å². The summed E-state index contributed by atoms with van der Waals surface area (Å²) in [5.74, 6) is -1.04. The average molecular weight is 449 g/mol. The normalized spacial score (nSPS) is 12.2. The predicted molar refractivity (Wildman–Crippen MR) is 112 cm³/mol. The first-order valence-corrected chi connectivity index (χ1v) is 11.3. The third kappa shape index (κ3) is 4.60. The fourth-order valence-electron chi connectivity index (χ4n) is 2.70. The molecule has 0 N–H and O–H groups in total. The van der Waals surface area contributed by atoms with E-state index in [9.17, 15) is 18.0 Å². The van der Waals surface area contributed by atoms with Crippen molar-refractivity contribution in [2.75, 3.05) is 13.7 Å². The molecule has 0 unspecified atom stereocenters. The van der Waals surface area contributed by atoms with Gasteiger partial charge in [0.25, 0.3) is 10.0 Å². The Morgan fingerprint density at radius 2 is 1.83 bits per heavy atom. The summed E-state index contributed by atoms with van der Waals surface area (Å²) in [6.07, 6.45) is 0. The number of benzene rings is 2. The molecule has 3 aromatic rings. The van der Waals surface area contributed by atoms with E-state index in [1.165, 1.54) is 23.8 Å². The summed E-state index contributed by atoms with van der Waals surface area (Å²) in [5.41, 5.74) is 1.79. The molecule has 0 aliphatic rings. The van der Waals surface area contributed by atoms with Gasteiger partial charge in [-0.3, -0.25) is 4.79 Å². The van der Waals surface area contributed by atoms with E-state index < -0.39 is 22.0 Å². The van der Waals surface area contributed by atoms with Crippen molar-refractivity contribution in [1.29, 1.82) is 0 Å². The lowest BCUT2D eigenvalue weighted by atomic mass is 10.2. The van der Waals surface area contributed by atoms with Gasteiger partial charge in [0.05, 0.1) is 34.4 Å². The van der Waals surface area contributed by atoms with Crippen LogP contribution in [-0.4, -0.2) is 38.6 Å². The highest BCUT2D eigenvalue weighted by Gasteiger charge is 2.17. The zero-order valence-electron chi connectivity index (χ0n) is 16.6. The molecule has 0 saturated carbocycles. The number of aromatic nitrogens is 1. The van der Waals surface area contributed by atoms with Crippen molar-refractivity contribution in [2.45, 2.75) is 25.3 Å². The molecular formula is C20H20N2O6S2. The molecule has 8 nitrogen and oxygen atoms in total. The van der Waals surface area contributed by atoms with Crippen LogP contribution in [0.2, 0.25) is 0 Å². The number of aryl methyl sites for hydroxylation is 1. The molecule has 0 aliphatic heterocycles. The number of carbonyl (C=O) groups excluding carboxylic acids is 2. The van der Waals surface area contributed by atoms with Crippen LogP contribution >= 0.6 is 11.3 Å². The number of sulfonamides is 1. The summed E-state index contributed by atoms with van der Waals surface area (Å²) in [6, 6.07) is 11.1. The fraction of sp³-hybridized carbons (Fsp3) is 0.250. The van der Waals surface area contributed by atoms with Crippen LogP contribution in [0.3, 0.4) is 0 Å². The summed E-state index contributed by atoms with van der Waals surface area (Å²) in [4.78, 5) is 24.1. The Morgan fingerprint density at radius 3 is 2.47 bits per heavy atom. The Morgan fingerprint density at radius 1 is 1.13 bits per heavy atom. The Labute approximate surface area is 177 Å². The van der Waals surface area contributed by atoms with E-state index in [-0.39, 0.29) is 22.8 Å². The average Bonchev–Trinajstić information content (AvgIpc) is 3.03. The van der Waals surface area contributed by atoms with Crippen molar-refractivity contribution < 1.29 is 27.5 Å². The molecule has 2 aromatic carbocycles. The molecular weight excluding hydrogens is 428 g/mol. The summed E-state index contributed by atoms with van der Waals surface area (Å²) in [6.45, 7) is 3.57. The second kappa shape index (κ2) is 8.80. The van der Waals surface area contributed by atoms with E-state index in [1.807, 2.05) is 6.92 Å². The first-order chi connectivity index (χ1) is 14.2. The van der Waals surface area contributed by atoms with E-state index in [4.69, 9.17) is 9.47 Å². The lowest BCUT2D eigenvalue weighted by Crippen LogP contribution is -2.22. The van der Waals surface area contributed by atoms with Crippen LogP contribution in [0.5, 0.6) is 0 Å². The van der Waals surface area contributed by atoms with E-state index >= 15 is 0 Å². The highest BCUT2D eigenvalue weighted by Crippen LogP contribution is 2.21. The van der Waals surface area contributed by atoms with Crippen molar-refractivity contribution in [3.8, 4) is 0 Å². The van der Waals surface area contributed by atoms with Crippen molar-refractivity contribution in [3.05, 3.63) is 58.4 Å². The molecule has 3 rings (SSSR count). The van der Waals surface area contributed by atoms with Crippen LogP contribution in [0.1, 0.15) is 22.8 Å². The molecule has 0 spiro atoms. The molecule has 30 heavy (non-hydrogen) atoms. The van der Waals surface area contributed by atoms with Crippen LogP contribution in [0.15, 0.2) is 51.8 Å². The monoisotopic (exact) mass is 448 g/mol. The first kappa shape index (κ1) is 21.7. The van der Waals surface area contributed by atoms with Crippen molar-refractivity contribution in [2.24, 2.45) is 4.40 Å². The number of hydrogen-bond acceptors (Lipinski definition) is 7. The fourth-order valence-corrected chi connectivity index (χ4v) is 4.97. The Balaban J connectivity index is 2.19. The SMILES string of the molecule is CCOC(=O)c1ccc2c(c1)s/c(=N\S(=O)(=O)c1ccc(C)cc1)n2CC(=O)OC. The quantitative estimate of drug-likeness (QED) is 0.537. The van der Waals surface area contributed by atoms with Crippen molar-refractivity contribution in [3.63, 3.8) is 0 Å². The number of thiazole rings is 1. The lowest BCUT2D eigenvalue weighted by Gasteiger charge is -2.05. The van der Waals surface area contributed by atoms with Gasteiger partial charge >= 0.3 is 11.9 Å². The molecule has 0 fully saturated rings. The zero-order chi connectivity index (χ0) is 21.9. The number of esters is 2. The second-order valence-electron chi connectivity index (χ2n) is 6.33. The number of hydrogen-bond donors (Lipinski definition) is 0. The molecule has 0 aliphatic carbocycles. The molecule has 1 aromatic heterocycles. The zero-order valence-corrected chi connectivity index (χ0v) is 18.2. The van der Waals surface area contributed by atoms with Gasteiger partial charge in [0.15, 0.2) is 0 Å².